The molecule has 1 aromatic heterocycles. The Kier molecular flexibility index (Phi) is 2.00. The molecule has 1 atom stereocenters. The molecule has 70 valence electrons. The second-order valence-electron chi connectivity index (χ2n) is 3.30. The van der Waals surface area contributed by atoms with Crippen LogP contribution in [0.4, 0.5) is 0 Å². The average molecular weight is 181 g/mol. The SMILES string of the molecule is O=C(O)CC1CCCc2nncn21. The molecule has 0 bridgehead atoms. The van der Waals surface area contributed by atoms with Crippen molar-refractivity contribution in [3.05, 3.63) is 12.2 Å². The van der Waals surface area contributed by atoms with Crippen molar-refractivity contribution in [1.29, 1.82) is 0 Å². The van der Waals surface area contributed by atoms with Gasteiger partial charge in [0.05, 0.1) is 6.42 Å². The largest absolute Gasteiger partial charge is 0.481 e. The predicted octanol–water partition coefficient (Wildman–Crippen LogP) is 0.630. The lowest BCUT2D eigenvalue weighted by molar-refractivity contribution is -0.138. The molecule has 0 saturated carbocycles. The van der Waals surface area contributed by atoms with Crippen molar-refractivity contribution in [1.82, 2.24) is 14.8 Å². The number of rotatable bonds is 2. The molecule has 1 aliphatic heterocycles. The van der Waals surface area contributed by atoms with Crippen molar-refractivity contribution in [3.63, 3.8) is 0 Å². The highest BCUT2D eigenvalue weighted by Gasteiger charge is 2.22. The lowest BCUT2D eigenvalue weighted by atomic mass is 10.0. The van der Waals surface area contributed by atoms with Gasteiger partial charge >= 0.3 is 5.97 Å². The van der Waals surface area contributed by atoms with Gasteiger partial charge in [0.1, 0.15) is 12.2 Å². The molecule has 0 aliphatic carbocycles. The average Bonchev–Trinajstić information content (AvgIpc) is 2.51. The maximum atomic E-state index is 10.5. The Bertz CT molecular complexity index is 321. The van der Waals surface area contributed by atoms with E-state index in [1.54, 1.807) is 6.33 Å². The van der Waals surface area contributed by atoms with E-state index in [9.17, 15) is 4.79 Å². The summed E-state index contributed by atoms with van der Waals surface area (Å²) >= 11 is 0. The Balaban J connectivity index is 2.20. The molecule has 0 fully saturated rings. The van der Waals surface area contributed by atoms with Crippen molar-refractivity contribution >= 4 is 5.97 Å². The van der Waals surface area contributed by atoms with Crippen LogP contribution >= 0.6 is 0 Å². The summed E-state index contributed by atoms with van der Waals surface area (Å²) in [5.74, 6) is 0.157. The van der Waals surface area contributed by atoms with E-state index in [2.05, 4.69) is 10.2 Å². The minimum Gasteiger partial charge on any atom is -0.481 e. The molecule has 0 spiro atoms. The second kappa shape index (κ2) is 3.16. The fourth-order valence-electron chi connectivity index (χ4n) is 1.79. The minimum absolute atomic E-state index is 0.0521. The fourth-order valence-corrected chi connectivity index (χ4v) is 1.79. The molecule has 0 radical (unpaired) electrons. The Morgan fingerprint density at radius 1 is 1.77 bits per heavy atom. The molecule has 0 saturated heterocycles. The highest BCUT2D eigenvalue weighted by atomic mass is 16.4. The van der Waals surface area contributed by atoms with Gasteiger partial charge in [-0.15, -0.1) is 10.2 Å². The van der Waals surface area contributed by atoms with Crippen molar-refractivity contribution in [2.24, 2.45) is 0 Å². The third kappa shape index (κ3) is 1.54. The summed E-state index contributed by atoms with van der Waals surface area (Å²) in [5.41, 5.74) is 0. The van der Waals surface area contributed by atoms with E-state index in [1.807, 2.05) is 4.57 Å². The summed E-state index contributed by atoms with van der Waals surface area (Å²) in [6, 6.07) is 0.0521. The van der Waals surface area contributed by atoms with Gasteiger partial charge in [0.15, 0.2) is 0 Å². The van der Waals surface area contributed by atoms with Crippen LogP contribution in [0.15, 0.2) is 6.33 Å². The lowest BCUT2D eigenvalue weighted by Crippen LogP contribution is -2.19. The number of aryl methyl sites for hydroxylation is 1. The van der Waals surface area contributed by atoms with Gasteiger partial charge in [-0.05, 0) is 12.8 Å². The monoisotopic (exact) mass is 181 g/mol. The maximum absolute atomic E-state index is 10.5. The van der Waals surface area contributed by atoms with Crippen LogP contribution in [-0.4, -0.2) is 25.8 Å². The number of hydrogen-bond acceptors (Lipinski definition) is 3. The third-order valence-electron chi connectivity index (χ3n) is 2.39. The lowest BCUT2D eigenvalue weighted by Gasteiger charge is -2.22. The first kappa shape index (κ1) is 8.22. The summed E-state index contributed by atoms with van der Waals surface area (Å²) in [6.07, 6.45) is 4.64. The smallest absolute Gasteiger partial charge is 0.305 e. The molecule has 0 aromatic carbocycles. The van der Waals surface area contributed by atoms with Crippen LogP contribution in [0.3, 0.4) is 0 Å². The molecule has 1 N–H and O–H groups in total. The molecule has 1 aliphatic rings. The van der Waals surface area contributed by atoms with Gasteiger partial charge in [0, 0.05) is 12.5 Å². The van der Waals surface area contributed by atoms with Crippen LogP contribution in [0.1, 0.15) is 31.1 Å². The highest BCUT2D eigenvalue weighted by molar-refractivity contribution is 5.67. The van der Waals surface area contributed by atoms with Crippen LogP contribution in [-0.2, 0) is 11.2 Å². The van der Waals surface area contributed by atoms with E-state index in [-0.39, 0.29) is 12.5 Å². The maximum Gasteiger partial charge on any atom is 0.305 e. The van der Waals surface area contributed by atoms with Gasteiger partial charge in [-0.3, -0.25) is 4.79 Å². The summed E-state index contributed by atoms with van der Waals surface area (Å²) in [5, 5.41) is 16.4. The van der Waals surface area contributed by atoms with Gasteiger partial charge < -0.3 is 9.67 Å². The van der Waals surface area contributed by atoms with E-state index in [0.29, 0.717) is 0 Å². The molecule has 1 aromatic rings. The van der Waals surface area contributed by atoms with E-state index in [4.69, 9.17) is 5.11 Å². The highest BCUT2D eigenvalue weighted by Crippen LogP contribution is 2.25. The third-order valence-corrected chi connectivity index (χ3v) is 2.39. The normalized spacial score (nSPS) is 21.1. The Morgan fingerprint density at radius 3 is 3.38 bits per heavy atom. The van der Waals surface area contributed by atoms with Gasteiger partial charge in [-0.2, -0.15) is 0 Å². The van der Waals surface area contributed by atoms with Crippen LogP contribution < -0.4 is 0 Å². The van der Waals surface area contributed by atoms with Gasteiger partial charge in [-0.1, -0.05) is 0 Å². The molecule has 5 nitrogen and oxygen atoms in total. The zero-order valence-corrected chi connectivity index (χ0v) is 7.18. The van der Waals surface area contributed by atoms with Crippen LogP contribution in [0.25, 0.3) is 0 Å². The van der Waals surface area contributed by atoms with Gasteiger partial charge in [-0.25, -0.2) is 0 Å². The number of carbonyl (C=O) groups is 1. The molecular formula is C8H11N3O2. The molecule has 1 unspecified atom stereocenters. The van der Waals surface area contributed by atoms with Crippen LogP contribution in [0.5, 0.6) is 0 Å². The molecule has 2 rings (SSSR count). The van der Waals surface area contributed by atoms with E-state index >= 15 is 0 Å². The van der Waals surface area contributed by atoms with Crippen LogP contribution in [0.2, 0.25) is 0 Å². The van der Waals surface area contributed by atoms with Crippen molar-refractivity contribution in [2.45, 2.75) is 31.7 Å². The Labute approximate surface area is 75.4 Å². The Hall–Kier alpha value is -1.39. The molecule has 0 amide bonds. The minimum atomic E-state index is -0.758. The summed E-state index contributed by atoms with van der Waals surface area (Å²) in [6.45, 7) is 0. The summed E-state index contributed by atoms with van der Waals surface area (Å²) in [4.78, 5) is 10.5. The van der Waals surface area contributed by atoms with Gasteiger partial charge in [0.25, 0.3) is 0 Å². The number of carboxylic acid groups (broad SMARTS) is 1. The van der Waals surface area contributed by atoms with E-state index < -0.39 is 5.97 Å². The number of aliphatic carboxylic acids is 1. The molecule has 13 heavy (non-hydrogen) atoms. The number of fused-ring (bicyclic) bond motifs is 1. The number of nitrogens with zero attached hydrogens (tertiary/aromatic N) is 3. The number of hydrogen-bond donors (Lipinski definition) is 1. The zero-order chi connectivity index (χ0) is 9.26. The fraction of sp³-hybridized carbons (Fsp3) is 0.625. The molecule has 5 heteroatoms. The van der Waals surface area contributed by atoms with Gasteiger partial charge in [0.2, 0.25) is 0 Å². The van der Waals surface area contributed by atoms with Crippen LogP contribution in [0, 0.1) is 0 Å². The standard InChI is InChI=1S/C8H11N3O2/c12-8(13)4-6-2-1-3-7-10-9-5-11(6)7/h5-6H,1-4H2,(H,12,13). The Morgan fingerprint density at radius 2 is 2.62 bits per heavy atom. The predicted molar refractivity (Wildman–Crippen MR) is 44.2 cm³/mol. The van der Waals surface area contributed by atoms with Crippen molar-refractivity contribution in [2.75, 3.05) is 0 Å². The topological polar surface area (TPSA) is 68.0 Å². The first-order chi connectivity index (χ1) is 6.27. The molecule has 2 heterocycles. The van der Waals surface area contributed by atoms with Crippen molar-refractivity contribution in [3.8, 4) is 0 Å². The zero-order valence-electron chi connectivity index (χ0n) is 7.18. The van der Waals surface area contributed by atoms with Crippen molar-refractivity contribution < 1.29 is 9.90 Å². The summed E-state index contributed by atoms with van der Waals surface area (Å²) < 4.78 is 1.89. The second-order valence-corrected chi connectivity index (χ2v) is 3.30. The number of aromatic nitrogens is 3. The quantitative estimate of drug-likeness (QED) is 0.726. The first-order valence-corrected chi connectivity index (χ1v) is 4.37. The van der Waals surface area contributed by atoms with E-state index in [0.717, 1.165) is 25.1 Å². The summed E-state index contributed by atoms with van der Waals surface area (Å²) in [7, 11) is 0. The molecular weight excluding hydrogens is 170 g/mol. The first-order valence-electron chi connectivity index (χ1n) is 4.37. The van der Waals surface area contributed by atoms with E-state index in [1.165, 1.54) is 0 Å². The number of carboxylic acids is 1.